The molecule has 0 bridgehead atoms. The maximum atomic E-state index is 6.02. The zero-order chi connectivity index (χ0) is 14.5. The highest BCUT2D eigenvalue weighted by atomic mass is 16.5. The van der Waals surface area contributed by atoms with Gasteiger partial charge < -0.3 is 10.1 Å². The number of nitrogens with zero attached hydrogens (tertiary/aromatic N) is 1. The zero-order valence-corrected chi connectivity index (χ0v) is 12.5. The molecule has 0 fully saturated rings. The van der Waals surface area contributed by atoms with E-state index in [-0.39, 0.29) is 0 Å². The quantitative estimate of drug-likeness (QED) is 0.878. The van der Waals surface area contributed by atoms with Crippen LogP contribution in [0, 0.1) is 0 Å². The molecule has 3 rings (SSSR count). The van der Waals surface area contributed by atoms with E-state index >= 15 is 0 Å². The molecule has 2 aromatic rings. The van der Waals surface area contributed by atoms with Crippen LogP contribution in [0.4, 0.5) is 0 Å². The first kappa shape index (κ1) is 14.1. The third kappa shape index (κ3) is 3.24. The molecule has 1 N–H and O–H groups in total. The predicted octanol–water partition coefficient (Wildman–Crippen LogP) is 3.65. The van der Waals surface area contributed by atoms with Gasteiger partial charge in [-0.3, -0.25) is 4.98 Å². The first-order valence-corrected chi connectivity index (χ1v) is 7.75. The molecule has 0 spiro atoms. The average Bonchev–Trinajstić information content (AvgIpc) is 2.95. The number of aromatic nitrogens is 1. The van der Waals surface area contributed by atoms with Crippen LogP contribution in [0.1, 0.15) is 42.5 Å². The normalized spacial score (nSPS) is 16.7. The molecule has 0 amide bonds. The molecule has 21 heavy (non-hydrogen) atoms. The maximum absolute atomic E-state index is 6.02. The van der Waals surface area contributed by atoms with Crippen LogP contribution in [0.25, 0.3) is 0 Å². The summed E-state index contributed by atoms with van der Waals surface area (Å²) in [5.41, 5.74) is 3.89. The van der Waals surface area contributed by atoms with Gasteiger partial charge in [-0.2, -0.15) is 0 Å². The van der Waals surface area contributed by atoms with Gasteiger partial charge in [0.05, 0.1) is 0 Å². The lowest BCUT2D eigenvalue weighted by Gasteiger charge is -2.15. The molecule has 1 aliphatic carbocycles. The van der Waals surface area contributed by atoms with Crippen molar-refractivity contribution in [1.29, 1.82) is 0 Å². The van der Waals surface area contributed by atoms with Crippen LogP contribution in [0.5, 0.6) is 5.75 Å². The van der Waals surface area contributed by atoms with Crippen LogP contribution < -0.4 is 10.1 Å². The van der Waals surface area contributed by atoms with Gasteiger partial charge in [-0.05, 0) is 49.1 Å². The number of ether oxygens (including phenoxy) is 1. The highest BCUT2D eigenvalue weighted by molar-refractivity contribution is 5.45. The highest BCUT2D eigenvalue weighted by Crippen LogP contribution is 2.37. The van der Waals surface area contributed by atoms with Gasteiger partial charge in [0.1, 0.15) is 12.4 Å². The van der Waals surface area contributed by atoms with Gasteiger partial charge >= 0.3 is 0 Å². The van der Waals surface area contributed by atoms with Crippen molar-refractivity contribution in [3.05, 3.63) is 59.4 Å². The van der Waals surface area contributed by atoms with E-state index in [2.05, 4.69) is 35.4 Å². The number of benzene rings is 1. The van der Waals surface area contributed by atoms with Crippen molar-refractivity contribution in [2.24, 2.45) is 0 Å². The molecule has 3 heteroatoms. The lowest BCUT2D eigenvalue weighted by Crippen LogP contribution is -2.19. The minimum Gasteiger partial charge on any atom is -0.489 e. The van der Waals surface area contributed by atoms with Gasteiger partial charge in [0.25, 0.3) is 0 Å². The fourth-order valence-electron chi connectivity index (χ4n) is 2.93. The van der Waals surface area contributed by atoms with Crippen molar-refractivity contribution in [2.45, 2.75) is 38.8 Å². The maximum Gasteiger partial charge on any atom is 0.123 e. The SMILES string of the molecule is CCCNC1CCc2c(OCc3cccnc3)cccc21. The van der Waals surface area contributed by atoms with Crippen LogP contribution in [-0.2, 0) is 13.0 Å². The summed E-state index contributed by atoms with van der Waals surface area (Å²) >= 11 is 0. The van der Waals surface area contributed by atoms with Crippen molar-refractivity contribution >= 4 is 0 Å². The van der Waals surface area contributed by atoms with Crippen molar-refractivity contribution in [3.8, 4) is 5.75 Å². The number of pyridine rings is 1. The Labute approximate surface area is 126 Å². The molecule has 0 saturated heterocycles. The Balaban J connectivity index is 1.71. The van der Waals surface area contributed by atoms with E-state index in [1.165, 1.54) is 24.0 Å². The Morgan fingerprint density at radius 3 is 3.05 bits per heavy atom. The lowest BCUT2D eigenvalue weighted by atomic mass is 10.1. The van der Waals surface area contributed by atoms with Gasteiger partial charge in [0.15, 0.2) is 0 Å². The molecule has 1 aromatic carbocycles. The standard InChI is InChI=1S/C18H22N2O/c1-2-10-20-17-9-8-16-15(17)6-3-7-18(16)21-13-14-5-4-11-19-12-14/h3-7,11-12,17,20H,2,8-10,13H2,1H3. The first-order valence-electron chi connectivity index (χ1n) is 7.75. The van der Waals surface area contributed by atoms with E-state index < -0.39 is 0 Å². The molecule has 0 saturated carbocycles. The van der Waals surface area contributed by atoms with Gasteiger partial charge in [-0.25, -0.2) is 0 Å². The molecule has 1 heterocycles. The molecule has 3 nitrogen and oxygen atoms in total. The Bertz CT molecular complexity index is 583. The number of fused-ring (bicyclic) bond motifs is 1. The van der Waals surface area contributed by atoms with E-state index in [9.17, 15) is 0 Å². The van der Waals surface area contributed by atoms with Crippen molar-refractivity contribution < 1.29 is 4.74 Å². The lowest BCUT2D eigenvalue weighted by molar-refractivity contribution is 0.303. The highest BCUT2D eigenvalue weighted by Gasteiger charge is 2.24. The van der Waals surface area contributed by atoms with Gasteiger partial charge in [0.2, 0.25) is 0 Å². The Hall–Kier alpha value is -1.87. The molecule has 1 aromatic heterocycles. The van der Waals surface area contributed by atoms with Crippen LogP contribution in [-0.4, -0.2) is 11.5 Å². The molecular formula is C18H22N2O. The van der Waals surface area contributed by atoms with Crippen LogP contribution >= 0.6 is 0 Å². The van der Waals surface area contributed by atoms with Crippen LogP contribution in [0.15, 0.2) is 42.7 Å². The predicted molar refractivity (Wildman–Crippen MR) is 84.4 cm³/mol. The third-order valence-corrected chi connectivity index (χ3v) is 3.99. The zero-order valence-electron chi connectivity index (χ0n) is 12.5. The number of hydrogen-bond donors (Lipinski definition) is 1. The third-order valence-electron chi connectivity index (χ3n) is 3.99. The molecule has 110 valence electrons. The summed E-state index contributed by atoms with van der Waals surface area (Å²) in [4.78, 5) is 4.13. The topological polar surface area (TPSA) is 34.1 Å². The van der Waals surface area contributed by atoms with Gasteiger partial charge in [-0.15, -0.1) is 0 Å². The van der Waals surface area contributed by atoms with Crippen molar-refractivity contribution in [1.82, 2.24) is 10.3 Å². The number of rotatable bonds is 6. The summed E-state index contributed by atoms with van der Waals surface area (Å²) in [7, 11) is 0. The number of hydrogen-bond acceptors (Lipinski definition) is 3. The van der Waals surface area contributed by atoms with Gasteiger partial charge in [-0.1, -0.05) is 25.1 Å². The second kappa shape index (κ2) is 6.72. The monoisotopic (exact) mass is 282 g/mol. The van der Waals surface area contributed by atoms with Gasteiger partial charge in [0, 0.05) is 24.0 Å². The minimum atomic E-state index is 0.488. The summed E-state index contributed by atoms with van der Waals surface area (Å²) in [5.74, 6) is 1.03. The minimum absolute atomic E-state index is 0.488. The van der Waals surface area contributed by atoms with E-state index in [0.717, 1.165) is 24.3 Å². The average molecular weight is 282 g/mol. The molecule has 0 aliphatic heterocycles. The van der Waals surface area contributed by atoms with E-state index in [0.29, 0.717) is 12.6 Å². The first-order chi connectivity index (χ1) is 10.4. The summed E-state index contributed by atoms with van der Waals surface area (Å²) in [5, 5.41) is 3.62. The van der Waals surface area contributed by atoms with Crippen molar-refractivity contribution in [2.75, 3.05) is 6.54 Å². The number of nitrogens with one attached hydrogen (secondary N) is 1. The summed E-state index contributed by atoms with van der Waals surface area (Å²) in [6, 6.07) is 10.9. The molecule has 0 radical (unpaired) electrons. The molecule has 1 unspecified atom stereocenters. The molecular weight excluding hydrogens is 260 g/mol. The largest absolute Gasteiger partial charge is 0.489 e. The van der Waals surface area contributed by atoms with E-state index in [1.807, 2.05) is 18.3 Å². The Morgan fingerprint density at radius 2 is 2.24 bits per heavy atom. The van der Waals surface area contributed by atoms with Crippen molar-refractivity contribution in [3.63, 3.8) is 0 Å². The summed E-state index contributed by atoms with van der Waals surface area (Å²) in [6.07, 6.45) is 7.08. The Kier molecular flexibility index (Phi) is 4.51. The second-order valence-corrected chi connectivity index (χ2v) is 5.52. The molecule has 1 atom stereocenters. The second-order valence-electron chi connectivity index (χ2n) is 5.52. The summed E-state index contributed by atoms with van der Waals surface area (Å²) < 4.78 is 6.02. The van der Waals surface area contributed by atoms with E-state index in [1.54, 1.807) is 6.20 Å². The Morgan fingerprint density at radius 1 is 1.29 bits per heavy atom. The summed E-state index contributed by atoms with van der Waals surface area (Å²) in [6.45, 7) is 3.86. The smallest absolute Gasteiger partial charge is 0.123 e. The fraction of sp³-hybridized carbons (Fsp3) is 0.389. The molecule has 1 aliphatic rings. The van der Waals surface area contributed by atoms with Crippen LogP contribution in [0.3, 0.4) is 0 Å². The van der Waals surface area contributed by atoms with Crippen LogP contribution in [0.2, 0.25) is 0 Å². The van der Waals surface area contributed by atoms with E-state index in [4.69, 9.17) is 4.74 Å². The fourth-order valence-corrected chi connectivity index (χ4v) is 2.93.